The molecule has 166 valence electrons. The number of aryl methyl sites for hydroxylation is 1. The molecule has 1 aromatic carbocycles. The third kappa shape index (κ3) is 5.65. The minimum absolute atomic E-state index is 0.0619. The molecule has 0 fully saturated rings. The Morgan fingerprint density at radius 2 is 1.81 bits per heavy atom. The second-order valence-corrected chi connectivity index (χ2v) is 7.46. The highest BCUT2D eigenvalue weighted by Gasteiger charge is 2.31. The number of hydrogen-bond acceptors (Lipinski definition) is 6. The number of rotatable bonds is 7. The normalized spacial score (nSPS) is 11.2. The Morgan fingerprint density at radius 3 is 2.44 bits per heavy atom. The second-order valence-electron chi connectivity index (χ2n) is 7.05. The highest BCUT2D eigenvalue weighted by Crippen LogP contribution is 2.35. The molecule has 32 heavy (non-hydrogen) atoms. The van der Waals surface area contributed by atoms with Crippen LogP contribution >= 0.6 is 11.6 Å². The molecule has 0 spiro atoms. The number of anilines is 2. The lowest BCUT2D eigenvalue weighted by atomic mass is 10.1. The highest BCUT2D eigenvalue weighted by atomic mass is 35.5. The summed E-state index contributed by atoms with van der Waals surface area (Å²) in [5.41, 5.74) is 1.56. The van der Waals surface area contributed by atoms with Gasteiger partial charge in [0.05, 0.1) is 16.1 Å². The maximum atomic E-state index is 12.9. The van der Waals surface area contributed by atoms with E-state index < -0.39 is 11.7 Å². The van der Waals surface area contributed by atoms with Crippen molar-refractivity contribution in [2.75, 3.05) is 23.7 Å². The van der Waals surface area contributed by atoms with Gasteiger partial charge in [-0.15, -0.1) is 0 Å². The molecule has 2 aromatic heterocycles. The SMILES string of the molecule is Cc1nc(-c2ccc(C(F)(F)F)cc2Cl)nc(NCCCNc2ccc(C#N)cn2)c1C. The zero-order valence-corrected chi connectivity index (χ0v) is 18.1. The van der Waals surface area contributed by atoms with Gasteiger partial charge in [0.15, 0.2) is 5.82 Å². The average Bonchev–Trinajstić information content (AvgIpc) is 2.76. The highest BCUT2D eigenvalue weighted by molar-refractivity contribution is 6.33. The van der Waals surface area contributed by atoms with Crippen LogP contribution < -0.4 is 10.6 Å². The fraction of sp³-hybridized carbons (Fsp3) is 0.273. The van der Waals surface area contributed by atoms with Gasteiger partial charge in [0.25, 0.3) is 0 Å². The number of hydrogen-bond donors (Lipinski definition) is 2. The fourth-order valence-corrected chi connectivity index (χ4v) is 3.14. The van der Waals surface area contributed by atoms with Crippen molar-refractivity contribution >= 4 is 23.2 Å². The maximum Gasteiger partial charge on any atom is 0.416 e. The van der Waals surface area contributed by atoms with E-state index in [0.29, 0.717) is 41.5 Å². The first-order valence-corrected chi connectivity index (χ1v) is 10.1. The van der Waals surface area contributed by atoms with Crippen LogP contribution in [0.15, 0.2) is 36.5 Å². The molecule has 0 radical (unpaired) electrons. The minimum atomic E-state index is -4.47. The summed E-state index contributed by atoms with van der Waals surface area (Å²) in [5, 5.41) is 15.1. The van der Waals surface area contributed by atoms with Crippen molar-refractivity contribution in [2.24, 2.45) is 0 Å². The van der Waals surface area contributed by atoms with Gasteiger partial charge >= 0.3 is 6.18 Å². The van der Waals surface area contributed by atoms with Crippen LogP contribution in [0.4, 0.5) is 24.8 Å². The number of aromatic nitrogens is 3. The molecule has 0 aliphatic carbocycles. The number of alkyl halides is 3. The molecule has 0 saturated carbocycles. The molecule has 0 atom stereocenters. The van der Waals surface area contributed by atoms with Crippen molar-refractivity contribution in [3.8, 4) is 17.5 Å². The summed E-state index contributed by atoms with van der Waals surface area (Å²) in [4.78, 5) is 13.0. The van der Waals surface area contributed by atoms with Crippen LogP contribution in [0.1, 0.15) is 28.8 Å². The van der Waals surface area contributed by atoms with Crippen molar-refractivity contribution in [2.45, 2.75) is 26.4 Å². The van der Waals surface area contributed by atoms with Crippen LogP contribution in [0.3, 0.4) is 0 Å². The predicted molar refractivity (Wildman–Crippen MR) is 118 cm³/mol. The molecule has 10 heteroatoms. The molecule has 0 unspecified atom stereocenters. The van der Waals surface area contributed by atoms with Crippen molar-refractivity contribution in [3.05, 3.63) is 63.9 Å². The lowest BCUT2D eigenvalue weighted by Gasteiger charge is -2.14. The van der Waals surface area contributed by atoms with E-state index in [1.54, 1.807) is 12.1 Å². The van der Waals surface area contributed by atoms with Crippen LogP contribution in [0.2, 0.25) is 5.02 Å². The van der Waals surface area contributed by atoms with Crippen LogP contribution in [0, 0.1) is 25.2 Å². The van der Waals surface area contributed by atoms with Gasteiger partial charge in [0.1, 0.15) is 17.7 Å². The summed E-state index contributed by atoms with van der Waals surface area (Å²) < 4.78 is 38.7. The van der Waals surface area contributed by atoms with Gasteiger partial charge in [0.2, 0.25) is 0 Å². The summed E-state index contributed by atoms with van der Waals surface area (Å²) in [6.45, 7) is 4.92. The Hall–Kier alpha value is -3.38. The average molecular weight is 461 g/mol. The summed E-state index contributed by atoms with van der Waals surface area (Å²) in [6.07, 6.45) is -2.22. The smallest absolute Gasteiger partial charge is 0.370 e. The van der Waals surface area contributed by atoms with E-state index in [1.807, 2.05) is 19.9 Å². The number of pyridine rings is 1. The second kappa shape index (κ2) is 9.83. The minimum Gasteiger partial charge on any atom is -0.370 e. The zero-order chi connectivity index (χ0) is 23.3. The number of nitrogens with zero attached hydrogens (tertiary/aromatic N) is 4. The van der Waals surface area contributed by atoms with Crippen LogP contribution in [-0.4, -0.2) is 28.0 Å². The molecule has 0 aliphatic heterocycles. The number of nitrogens with one attached hydrogen (secondary N) is 2. The predicted octanol–water partition coefficient (Wildman–Crippen LogP) is 5.61. The summed E-state index contributed by atoms with van der Waals surface area (Å²) in [5.74, 6) is 1.53. The first-order valence-electron chi connectivity index (χ1n) is 9.75. The zero-order valence-electron chi connectivity index (χ0n) is 17.4. The van der Waals surface area contributed by atoms with E-state index in [1.165, 1.54) is 12.3 Å². The molecule has 2 N–H and O–H groups in total. The molecule has 0 saturated heterocycles. The quantitative estimate of drug-likeness (QED) is 0.445. The van der Waals surface area contributed by atoms with Crippen molar-refractivity contribution in [3.63, 3.8) is 0 Å². The van der Waals surface area contributed by atoms with E-state index in [0.717, 1.165) is 24.1 Å². The number of halogens is 4. The topological polar surface area (TPSA) is 86.5 Å². The fourth-order valence-electron chi connectivity index (χ4n) is 2.87. The summed E-state index contributed by atoms with van der Waals surface area (Å²) in [7, 11) is 0. The van der Waals surface area contributed by atoms with E-state index in [4.69, 9.17) is 16.9 Å². The third-order valence-corrected chi connectivity index (χ3v) is 5.08. The molecule has 0 aliphatic rings. The van der Waals surface area contributed by atoms with Gasteiger partial charge in [0, 0.05) is 36.1 Å². The molecule has 3 rings (SSSR count). The molecule has 0 amide bonds. The molecule has 0 bridgehead atoms. The van der Waals surface area contributed by atoms with Crippen molar-refractivity contribution in [1.29, 1.82) is 5.26 Å². The van der Waals surface area contributed by atoms with Crippen molar-refractivity contribution < 1.29 is 13.2 Å². The van der Waals surface area contributed by atoms with E-state index in [2.05, 4.69) is 25.6 Å². The van der Waals surface area contributed by atoms with Crippen LogP contribution in [-0.2, 0) is 6.18 Å². The van der Waals surface area contributed by atoms with E-state index >= 15 is 0 Å². The summed E-state index contributed by atoms with van der Waals surface area (Å²) >= 11 is 6.10. The van der Waals surface area contributed by atoms with Gasteiger partial charge in [-0.25, -0.2) is 15.0 Å². The maximum absolute atomic E-state index is 12.9. The number of benzene rings is 1. The molecule has 2 heterocycles. The van der Waals surface area contributed by atoms with E-state index in [-0.39, 0.29) is 10.8 Å². The molecule has 6 nitrogen and oxygen atoms in total. The largest absolute Gasteiger partial charge is 0.416 e. The van der Waals surface area contributed by atoms with Gasteiger partial charge in [-0.2, -0.15) is 18.4 Å². The monoisotopic (exact) mass is 460 g/mol. The van der Waals surface area contributed by atoms with Crippen LogP contribution in [0.5, 0.6) is 0 Å². The standard InChI is InChI=1S/C22H20ClF3N6/c1-13-14(2)31-21(17-6-5-16(10-18(17)23)22(24,25)26)32-20(13)29-9-3-8-28-19-7-4-15(11-27)12-30-19/h4-7,10,12H,3,8-9H2,1-2H3,(H,28,30)(H,29,31,32). The van der Waals surface area contributed by atoms with Gasteiger partial charge < -0.3 is 10.6 Å². The Balaban J connectivity index is 1.66. The molecular formula is C22H20ClF3N6. The Morgan fingerprint density at radius 1 is 1.06 bits per heavy atom. The lowest BCUT2D eigenvalue weighted by Crippen LogP contribution is -2.12. The van der Waals surface area contributed by atoms with Crippen LogP contribution in [0.25, 0.3) is 11.4 Å². The lowest BCUT2D eigenvalue weighted by molar-refractivity contribution is -0.137. The Kier molecular flexibility index (Phi) is 7.15. The third-order valence-electron chi connectivity index (χ3n) is 4.77. The first-order chi connectivity index (χ1) is 15.2. The molecule has 3 aromatic rings. The van der Waals surface area contributed by atoms with Gasteiger partial charge in [-0.1, -0.05) is 11.6 Å². The van der Waals surface area contributed by atoms with Gasteiger partial charge in [-0.3, -0.25) is 0 Å². The van der Waals surface area contributed by atoms with Gasteiger partial charge in [-0.05, 0) is 50.6 Å². The Bertz CT molecular complexity index is 1140. The Labute approximate surface area is 188 Å². The van der Waals surface area contributed by atoms with E-state index in [9.17, 15) is 13.2 Å². The van der Waals surface area contributed by atoms with Crippen molar-refractivity contribution in [1.82, 2.24) is 15.0 Å². The molecular weight excluding hydrogens is 441 g/mol. The first kappa shape index (κ1) is 23.3. The number of nitriles is 1. The summed E-state index contributed by atoms with van der Waals surface area (Å²) in [6, 6.07) is 8.58.